The van der Waals surface area contributed by atoms with Crippen LogP contribution < -0.4 is 5.32 Å². The molecule has 3 rings (SSSR count). The van der Waals surface area contributed by atoms with Crippen LogP contribution in [0, 0.1) is 13.8 Å². The predicted octanol–water partition coefficient (Wildman–Crippen LogP) is 3.52. The monoisotopic (exact) mass is 392 g/mol. The lowest BCUT2D eigenvalue weighted by Crippen LogP contribution is -2.41. The first kappa shape index (κ1) is 19.0. The van der Waals surface area contributed by atoms with E-state index >= 15 is 0 Å². The third kappa shape index (κ3) is 4.15. The van der Waals surface area contributed by atoms with Gasteiger partial charge in [-0.25, -0.2) is 0 Å². The molecule has 26 heavy (non-hydrogen) atoms. The number of ketones is 1. The topological polar surface area (TPSA) is 58.6 Å². The molecule has 0 unspecified atom stereocenters. The van der Waals surface area contributed by atoms with Crippen LogP contribution in [0.3, 0.4) is 0 Å². The van der Waals surface area contributed by atoms with Crippen LogP contribution in [-0.4, -0.2) is 49.4 Å². The Morgan fingerprint density at radius 1 is 1.23 bits per heavy atom. The average molecular weight is 393 g/mol. The van der Waals surface area contributed by atoms with E-state index in [0.717, 1.165) is 23.5 Å². The number of morpholine rings is 1. The molecule has 0 saturated carbocycles. The van der Waals surface area contributed by atoms with E-state index in [4.69, 9.17) is 16.3 Å². The number of hydrogen-bond donors (Lipinski definition) is 1. The predicted molar refractivity (Wildman–Crippen MR) is 105 cm³/mol. The van der Waals surface area contributed by atoms with E-state index in [1.165, 1.54) is 11.3 Å². The van der Waals surface area contributed by atoms with Crippen LogP contribution >= 0.6 is 22.9 Å². The number of aryl methyl sites for hydroxylation is 1. The lowest BCUT2D eigenvalue weighted by molar-refractivity contribution is -0.118. The molecular weight excluding hydrogens is 372 g/mol. The minimum absolute atomic E-state index is 0.124. The first-order valence-electron chi connectivity index (χ1n) is 8.46. The summed E-state index contributed by atoms with van der Waals surface area (Å²) in [7, 11) is 0. The number of rotatable bonds is 5. The zero-order valence-corrected chi connectivity index (χ0v) is 16.4. The summed E-state index contributed by atoms with van der Waals surface area (Å²) in [5.74, 6) is -0.291. The van der Waals surface area contributed by atoms with E-state index < -0.39 is 0 Å². The third-order valence-electron chi connectivity index (χ3n) is 4.45. The van der Waals surface area contributed by atoms with Crippen molar-refractivity contribution in [1.82, 2.24) is 4.90 Å². The van der Waals surface area contributed by atoms with Gasteiger partial charge in [0, 0.05) is 23.5 Å². The fourth-order valence-electron chi connectivity index (χ4n) is 2.90. The molecule has 0 radical (unpaired) electrons. The van der Waals surface area contributed by atoms with Gasteiger partial charge in [0.15, 0.2) is 5.78 Å². The van der Waals surface area contributed by atoms with Gasteiger partial charge in [0.2, 0.25) is 5.91 Å². The fourth-order valence-corrected chi connectivity index (χ4v) is 4.19. The first-order valence-corrected chi connectivity index (χ1v) is 9.66. The van der Waals surface area contributed by atoms with Crippen LogP contribution in [-0.2, 0) is 9.53 Å². The number of benzene rings is 1. The molecule has 0 bridgehead atoms. The van der Waals surface area contributed by atoms with Crippen molar-refractivity contribution in [3.05, 3.63) is 50.9 Å². The maximum atomic E-state index is 13.0. The summed E-state index contributed by atoms with van der Waals surface area (Å²) >= 11 is 7.61. The number of amides is 1. The zero-order chi connectivity index (χ0) is 18.7. The number of halogens is 1. The van der Waals surface area contributed by atoms with Crippen LogP contribution in [0.4, 0.5) is 5.00 Å². The fraction of sp³-hybridized carbons (Fsp3) is 0.368. The van der Waals surface area contributed by atoms with E-state index in [2.05, 4.69) is 5.32 Å². The molecule has 2 aromatic rings. The van der Waals surface area contributed by atoms with Gasteiger partial charge in [-0.3, -0.25) is 14.5 Å². The molecule has 1 N–H and O–H groups in total. The SMILES string of the molecule is Cc1sc(NC(=O)CN2CCOCC2)c(C(=O)c2ccccc2Cl)c1C. The molecule has 1 aliphatic rings. The van der Waals surface area contributed by atoms with Crippen LogP contribution in [0.2, 0.25) is 5.02 Å². The van der Waals surface area contributed by atoms with Gasteiger partial charge >= 0.3 is 0 Å². The van der Waals surface area contributed by atoms with Crippen LogP contribution in [0.25, 0.3) is 0 Å². The van der Waals surface area contributed by atoms with Gasteiger partial charge in [-0.15, -0.1) is 11.3 Å². The number of carbonyl (C=O) groups is 2. The van der Waals surface area contributed by atoms with E-state index in [0.29, 0.717) is 40.9 Å². The number of nitrogens with one attached hydrogen (secondary N) is 1. The molecule has 7 heteroatoms. The molecule has 1 fully saturated rings. The van der Waals surface area contributed by atoms with Gasteiger partial charge in [0.05, 0.1) is 30.3 Å². The Bertz CT molecular complexity index is 828. The molecule has 138 valence electrons. The molecule has 5 nitrogen and oxygen atoms in total. The molecular formula is C19H21ClN2O3S. The molecule has 1 aromatic heterocycles. The number of carbonyl (C=O) groups excluding carboxylic acids is 2. The third-order valence-corrected chi connectivity index (χ3v) is 5.91. The number of ether oxygens (including phenoxy) is 1. The Kier molecular flexibility index (Phi) is 6.09. The molecule has 0 atom stereocenters. The van der Waals surface area contributed by atoms with Gasteiger partial charge in [-0.2, -0.15) is 0 Å². The lowest BCUT2D eigenvalue weighted by atomic mass is 10.0. The summed E-state index contributed by atoms with van der Waals surface area (Å²) in [5.41, 5.74) is 1.84. The second-order valence-corrected chi connectivity index (χ2v) is 7.86. The largest absolute Gasteiger partial charge is 0.379 e. The quantitative estimate of drug-likeness (QED) is 0.791. The Morgan fingerprint density at radius 2 is 1.92 bits per heavy atom. The molecule has 1 aromatic carbocycles. The van der Waals surface area contributed by atoms with Gasteiger partial charge in [0.1, 0.15) is 5.00 Å². The van der Waals surface area contributed by atoms with E-state index in [1.807, 2.05) is 18.7 Å². The summed E-state index contributed by atoms with van der Waals surface area (Å²) in [6.07, 6.45) is 0. The number of anilines is 1. The highest BCUT2D eigenvalue weighted by molar-refractivity contribution is 7.16. The Balaban J connectivity index is 1.82. The van der Waals surface area contributed by atoms with Crippen molar-refractivity contribution in [2.45, 2.75) is 13.8 Å². The van der Waals surface area contributed by atoms with Crippen molar-refractivity contribution in [2.75, 3.05) is 38.2 Å². The van der Waals surface area contributed by atoms with Crippen LogP contribution in [0.5, 0.6) is 0 Å². The standard InChI is InChI=1S/C19H21ClN2O3S/c1-12-13(2)26-19(21-16(23)11-22-7-9-25-10-8-22)17(12)18(24)14-5-3-4-6-15(14)20/h3-6H,7-11H2,1-2H3,(H,21,23). The number of nitrogens with zero attached hydrogens (tertiary/aromatic N) is 1. The lowest BCUT2D eigenvalue weighted by Gasteiger charge is -2.25. The highest BCUT2D eigenvalue weighted by Gasteiger charge is 2.24. The average Bonchev–Trinajstić information content (AvgIpc) is 2.89. The van der Waals surface area contributed by atoms with E-state index in [-0.39, 0.29) is 11.7 Å². The van der Waals surface area contributed by atoms with Crippen molar-refractivity contribution in [3.8, 4) is 0 Å². The van der Waals surface area contributed by atoms with Crippen LogP contribution in [0.1, 0.15) is 26.4 Å². The van der Waals surface area contributed by atoms with Crippen molar-refractivity contribution < 1.29 is 14.3 Å². The smallest absolute Gasteiger partial charge is 0.239 e. The van der Waals surface area contributed by atoms with Crippen molar-refractivity contribution in [3.63, 3.8) is 0 Å². The molecule has 1 saturated heterocycles. The second-order valence-electron chi connectivity index (χ2n) is 6.23. The molecule has 2 heterocycles. The van der Waals surface area contributed by atoms with Crippen molar-refractivity contribution in [2.24, 2.45) is 0 Å². The van der Waals surface area contributed by atoms with Crippen LogP contribution in [0.15, 0.2) is 24.3 Å². The summed E-state index contributed by atoms with van der Waals surface area (Å²) in [5, 5.41) is 3.92. The summed E-state index contributed by atoms with van der Waals surface area (Å²) < 4.78 is 5.30. The summed E-state index contributed by atoms with van der Waals surface area (Å²) in [4.78, 5) is 28.5. The molecule has 1 amide bonds. The molecule has 1 aliphatic heterocycles. The van der Waals surface area contributed by atoms with Gasteiger partial charge in [-0.1, -0.05) is 23.7 Å². The van der Waals surface area contributed by atoms with Gasteiger partial charge in [0.25, 0.3) is 0 Å². The maximum absolute atomic E-state index is 13.0. The summed E-state index contributed by atoms with van der Waals surface area (Å²) in [6, 6.07) is 6.97. The number of thiophene rings is 1. The van der Waals surface area contributed by atoms with Crippen molar-refractivity contribution >= 4 is 39.6 Å². The van der Waals surface area contributed by atoms with E-state index in [1.54, 1.807) is 24.3 Å². The maximum Gasteiger partial charge on any atom is 0.239 e. The molecule has 0 spiro atoms. The minimum Gasteiger partial charge on any atom is -0.379 e. The van der Waals surface area contributed by atoms with Crippen molar-refractivity contribution in [1.29, 1.82) is 0 Å². The normalized spacial score (nSPS) is 15.0. The summed E-state index contributed by atoms with van der Waals surface area (Å²) in [6.45, 7) is 6.89. The highest BCUT2D eigenvalue weighted by atomic mass is 35.5. The van der Waals surface area contributed by atoms with E-state index in [9.17, 15) is 9.59 Å². The van der Waals surface area contributed by atoms with Gasteiger partial charge in [-0.05, 0) is 31.5 Å². The Hall–Kier alpha value is -1.73. The zero-order valence-electron chi connectivity index (χ0n) is 14.8. The number of hydrogen-bond acceptors (Lipinski definition) is 5. The molecule has 0 aliphatic carbocycles. The second kappa shape index (κ2) is 8.31. The highest BCUT2D eigenvalue weighted by Crippen LogP contribution is 2.35. The Morgan fingerprint density at radius 3 is 2.62 bits per heavy atom. The first-order chi connectivity index (χ1) is 12.5. The minimum atomic E-state index is -0.167. The van der Waals surface area contributed by atoms with Gasteiger partial charge < -0.3 is 10.1 Å². The Labute approximate surface area is 161 Å².